The van der Waals surface area contributed by atoms with Crippen LogP contribution in [0.2, 0.25) is 0 Å². The molecule has 1 aromatic rings. The molecule has 0 bridgehead atoms. The SMILES string of the molecule is CC(C)(C)NCc1ncc(C2CCS(=O)(=O)C2)o1. The van der Waals surface area contributed by atoms with E-state index in [-0.39, 0.29) is 23.0 Å². The number of oxazole rings is 1. The standard InChI is InChI=1S/C12H20N2O3S/c1-12(2,3)14-7-11-13-6-10(17-11)9-4-5-18(15,16)8-9/h6,9,14H,4-5,7-8H2,1-3H3. The number of rotatable bonds is 3. The minimum atomic E-state index is -2.87. The van der Waals surface area contributed by atoms with Gasteiger partial charge in [0.1, 0.15) is 5.76 Å². The maximum Gasteiger partial charge on any atom is 0.208 e. The number of aromatic nitrogens is 1. The first-order valence-corrected chi connectivity index (χ1v) is 7.97. The summed E-state index contributed by atoms with van der Waals surface area (Å²) >= 11 is 0. The largest absolute Gasteiger partial charge is 0.444 e. The molecule has 102 valence electrons. The van der Waals surface area contributed by atoms with Gasteiger partial charge in [-0.15, -0.1) is 0 Å². The summed E-state index contributed by atoms with van der Waals surface area (Å²) in [5.74, 6) is 1.74. The van der Waals surface area contributed by atoms with E-state index in [4.69, 9.17) is 4.42 Å². The number of hydrogen-bond acceptors (Lipinski definition) is 5. The van der Waals surface area contributed by atoms with E-state index in [2.05, 4.69) is 31.1 Å². The van der Waals surface area contributed by atoms with Crippen LogP contribution < -0.4 is 5.32 Å². The molecule has 1 aliphatic rings. The lowest BCUT2D eigenvalue weighted by Gasteiger charge is -2.18. The van der Waals surface area contributed by atoms with Crippen molar-refractivity contribution in [3.05, 3.63) is 17.8 Å². The van der Waals surface area contributed by atoms with E-state index < -0.39 is 9.84 Å². The minimum absolute atomic E-state index is 0.00529. The molecular weight excluding hydrogens is 252 g/mol. The number of sulfone groups is 1. The van der Waals surface area contributed by atoms with Crippen LogP contribution in [0.4, 0.5) is 0 Å². The number of hydrogen-bond donors (Lipinski definition) is 1. The molecule has 1 unspecified atom stereocenters. The van der Waals surface area contributed by atoms with E-state index >= 15 is 0 Å². The Morgan fingerprint density at radius 3 is 2.78 bits per heavy atom. The second-order valence-electron chi connectivity index (χ2n) is 5.86. The maximum atomic E-state index is 11.4. The van der Waals surface area contributed by atoms with Crippen molar-refractivity contribution in [1.29, 1.82) is 0 Å². The third kappa shape index (κ3) is 3.55. The van der Waals surface area contributed by atoms with Gasteiger partial charge in [0.25, 0.3) is 0 Å². The lowest BCUT2D eigenvalue weighted by Crippen LogP contribution is -2.35. The van der Waals surface area contributed by atoms with Gasteiger partial charge in [-0.25, -0.2) is 13.4 Å². The molecule has 2 rings (SSSR count). The van der Waals surface area contributed by atoms with Crippen LogP contribution in [0.3, 0.4) is 0 Å². The molecule has 1 aliphatic heterocycles. The Kier molecular flexibility index (Phi) is 3.51. The molecule has 1 fully saturated rings. The van der Waals surface area contributed by atoms with Gasteiger partial charge in [-0.1, -0.05) is 0 Å². The predicted octanol–water partition coefficient (Wildman–Crippen LogP) is 1.46. The van der Waals surface area contributed by atoms with Crippen LogP contribution in [0.5, 0.6) is 0 Å². The smallest absolute Gasteiger partial charge is 0.208 e. The van der Waals surface area contributed by atoms with Crippen molar-refractivity contribution < 1.29 is 12.8 Å². The van der Waals surface area contributed by atoms with Gasteiger partial charge in [0, 0.05) is 11.5 Å². The molecule has 1 aromatic heterocycles. The quantitative estimate of drug-likeness (QED) is 0.902. The fourth-order valence-electron chi connectivity index (χ4n) is 1.96. The average Bonchev–Trinajstić information content (AvgIpc) is 2.80. The highest BCUT2D eigenvalue weighted by Crippen LogP contribution is 2.29. The highest BCUT2D eigenvalue weighted by atomic mass is 32.2. The summed E-state index contributed by atoms with van der Waals surface area (Å²) in [6.45, 7) is 6.77. The molecule has 0 spiro atoms. The first-order chi connectivity index (χ1) is 8.25. The van der Waals surface area contributed by atoms with Gasteiger partial charge < -0.3 is 9.73 Å². The zero-order valence-corrected chi connectivity index (χ0v) is 11.9. The van der Waals surface area contributed by atoms with E-state index in [1.807, 2.05) is 0 Å². The average molecular weight is 272 g/mol. The molecular formula is C12H20N2O3S. The molecule has 1 saturated heterocycles. The fourth-order valence-corrected chi connectivity index (χ4v) is 3.71. The minimum Gasteiger partial charge on any atom is -0.444 e. The lowest BCUT2D eigenvalue weighted by atomic mass is 10.1. The van der Waals surface area contributed by atoms with E-state index in [1.54, 1.807) is 6.20 Å². The second-order valence-corrected chi connectivity index (χ2v) is 8.09. The molecule has 0 saturated carbocycles. The third-order valence-electron chi connectivity index (χ3n) is 2.98. The van der Waals surface area contributed by atoms with Gasteiger partial charge in [0.05, 0.1) is 24.2 Å². The fraction of sp³-hybridized carbons (Fsp3) is 0.750. The Morgan fingerprint density at radius 2 is 2.22 bits per heavy atom. The van der Waals surface area contributed by atoms with Crippen LogP contribution in [-0.4, -0.2) is 30.4 Å². The van der Waals surface area contributed by atoms with Crippen LogP contribution in [0.1, 0.15) is 44.8 Å². The topological polar surface area (TPSA) is 72.2 Å². The maximum absolute atomic E-state index is 11.4. The summed E-state index contributed by atoms with van der Waals surface area (Å²) in [5, 5.41) is 3.28. The van der Waals surface area contributed by atoms with Gasteiger partial charge in [0.15, 0.2) is 9.84 Å². The molecule has 0 radical (unpaired) electrons. The van der Waals surface area contributed by atoms with Crippen LogP contribution >= 0.6 is 0 Å². The van der Waals surface area contributed by atoms with Crippen LogP contribution in [0, 0.1) is 0 Å². The molecule has 0 aromatic carbocycles. The summed E-state index contributed by atoms with van der Waals surface area (Å²) in [6.07, 6.45) is 2.30. The summed E-state index contributed by atoms with van der Waals surface area (Å²) in [7, 11) is -2.87. The number of nitrogens with zero attached hydrogens (tertiary/aromatic N) is 1. The third-order valence-corrected chi connectivity index (χ3v) is 4.74. The van der Waals surface area contributed by atoms with E-state index in [0.717, 1.165) is 0 Å². The Bertz CT molecular complexity index is 514. The van der Waals surface area contributed by atoms with Gasteiger partial charge in [-0.3, -0.25) is 0 Å². The molecule has 6 heteroatoms. The Labute approximate surface area is 108 Å². The Morgan fingerprint density at radius 1 is 1.50 bits per heavy atom. The van der Waals surface area contributed by atoms with Crippen LogP contribution in [0.25, 0.3) is 0 Å². The zero-order valence-electron chi connectivity index (χ0n) is 11.1. The zero-order chi connectivity index (χ0) is 13.4. The molecule has 0 amide bonds. The highest BCUT2D eigenvalue weighted by Gasteiger charge is 2.31. The Hall–Kier alpha value is -0.880. The highest BCUT2D eigenvalue weighted by molar-refractivity contribution is 7.91. The molecule has 1 N–H and O–H groups in total. The molecule has 18 heavy (non-hydrogen) atoms. The molecule has 1 atom stereocenters. The van der Waals surface area contributed by atoms with Gasteiger partial charge in [-0.05, 0) is 27.2 Å². The summed E-state index contributed by atoms with van der Waals surface area (Å²) in [5.41, 5.74) is 0.00529. The van der Waals surface area contributed by atoms with Gasteiger partial charge in [0.2, 0.25) is 5.89 Å². The first-order valence-electron chi connectivity index (χ1n) is 6.15. The van der Waals surface area contributed by atoms with Gasteiger partial charge >= 0.3 is 0 Å². The summed E-state index contributed by atoms with van der Waals surface area (Å²) in [4.78, 5) is 4.19. The summed E-state index contributed by atoms with van der Waals surface area (Å²) < 4.78 is 28.4. The van der Waals surface area contributed by atoms with E-state index in [1.165, 1.54) is 0 Å². The van der Waals surface area contributed by atoms with Crippen molar-refractivity contribution in [3.63, 3.8) is 0 Å². The van der Waals surface area contributed by atoms with Crippen molar-refractivity contribution in [1.82, 2.24) is 10.3 Å². The summed E-state index contributed by atoms with van der Waals surface area (Å²) in [6, 6.07) is 0. The molecule has 5 nitrogen and oxygen atoms in total. The van der Waals surface area contributed by atoms with Crippen molar-refractivity contribution in [2.24, 2.45) is 0 Å². The second kappa shape index (κ2) is 4.66. The van der Waals surface area contributed by atoms with Crippen LogP contribution in [-0.2, 0) is 16.4 Å². The van der Waals surface area contributed by atoms with Crippen molar-refractivity contribution in [2.75, 3.05) is 11.5 Å². The number of nitrogens with one attached hydrogen (secondary N) is 1. The van der Waals surface area contributed by atoms with Gasteiger partial charge in [-0.2, -0.15) is 0 Å². The first kappa shape index (κ1) is 13.5. The van der Waals surface area contributed by atoms with E-state index in [0.29, 0.717) is 24.6 Å². The monoisotopic (exact) mass is 272 g/mol. The predicted molar refractivity (Wildman–Crippen MR) is 69.1 cm³/mol. The normalized spacial score (nSPS) is 23.4. The van der Waals surface area contributed by atoms with E-state index in [9.17, 15) is 8.42 Å². The van der Waals surface area contributed by atoms with Crippen molar-refractivity contribution in [2.45, 2.75) is 45.2 Å². The Balaban J connectivity index is 1.99. The lowest BCUT2D eigenvalue weighted by molar-refractivity contribution is 0.365. The van der Waals surface area contributed by atoms with Crippen molar-refractivity contribution >= 4 is 9.84 Å². The van der Waals surface area contributed by atoms with Crippen LogP contribution in [0.15, 0.2) is 10.6 Å². The molecule has 2 heterocycles. The molecule has 0 aliphatic carbocycles. The van der Waals surface area contributed by atoms with Crippen molar-refractivity contribution in [3.8, 4) is 0 Å².